The van der Waals surface area contributed by atoms with Crippen molar-refractivity contribution >= 4 is 39.7 Å². The average Bonchev–Trinajstić information content (AvgIpc) is 3.52. The molecule has 0 aliphatic carbocycles. The molecule has 2 aliphatic heterocycles. The highest BCUT2D eigenvalue weighted by Gasteiger charge is 2.43. The van der Waals surface area contributed by atoms with Crippen LogP contribution in [0.2, 0.25) is 0 Å². The number of halogens is 3. The van der Waals surface area contributed by atoms with Gasteiger partial charge in [0.25, 0.3) is 11.8 Å². The van der Waals surface area contributed by atoms with Gasteiger partial charge in [0.05, 0.1) is 33.8 Å². The van der Waals surface area contributed by atoms with Gasteiger partial charge in [-0.1, -0.05) is 6.07 Å². The maximum absolute atomic E-state index is 15.5. The summed E-state index contributed by atoms with van der Waals surface area (Å²) in [5.41, 5.74) is 3.10. The number of aromatic nitrogens is 3. The molecule has 1 fully saturated rings. The Morgan fingerprint density at radius 2 is 2.00 bits per heavy atom. The molecular weight excluding hydrogens is 451 g/mol. The van der Waals surface area contributed by atoms with Crippen molar-refractivity contribution in [3.8, 4) is 0 Å². The SMILES string of the molecule is Cc1nc2c(s1)C(c1ccc(N3CCC(F)(F)C3)cc1F)N(c1ccc3[nH]cnc3c1)C2=O. The van der Waals surface area contributed by atoms with Gasteiger partial charge < -0.3 is 9.88 Å². The lowest BCUT2D eigenvalue weighted by Gasteiger charge is -2.27. The highest BCUT2D eigenvalue weighted by molar-refractivity contribution is 7.12. The molecule has 2 aromatic carbocycles. The summed E-state index contributed by atoms with van der Waals surface area (Å²) in [6.45, 7) is 1.55. The van der Waals surface area contributed by atoms with Gasteiger partial charge in [-0.25, -0.2) is 23.1 Å². The molecule has 0 spiro atoms. The predicted octanol–water partition coefficient (Wildman–Crippen LogP) is 5.06. The Morgan fingerprint density at radius 1 is 1.18 bits per heavy atom. The Labute approximate surface area is 190 Å². The van der Waals surface area contributed by atoms with Crippen molar-refractivity contribution in [2.75, 3.05) is 22.9 Å². The van der Waals surface area contributed by atoms with E-state index in [4.69, 9.17) is 0 Å². The number of thiazole rings is 1. The summed E-state index contributed by atoms with van der Waals surface area (Å²) >= 11 is 1.35. The molecule has 1 atom stereocenters. The van der Waals surface area contributed by atoms with Gasteiger partial charge in [-0.05, 0) is 37.3 Å². The molecule has 1 unspecified atom stereocenters. The Bertz CT molecular complexity index is 1410. The van der Waals surface area contributed by atoms with E-state index in [2.05, 4.69) is 15.0 Å². The van der Waals surface area contributed by atoms with Gasteiger partial charge in [-0.3, -0.25) is 9.69 Å². The minimum atomic E-state index is -2.77. The fourth-order valence-electron chi connectivity index (χ4n) is 4.64. The lowest BCUT2D eigenvalue weighted by molar-refractivity contribution is 0.0257. The van der Waals surface area contributed by atoms with Gasteiger partial charge in [-0.2, -0.15) is 0 Å². The van der Waals surface area contributed by atoms with Crippen LogP contribution in [0.4, 0.5) is 24.5 Å². The molecule has 2 aromatic heterocycles. The first-order valence-electron chi connectivity index (χ1n) is 10.5. The van der Waals surface area contributed by atoms with Crippen molar-refractivity contribution in [1.82, 2.24) is 15.0 Å². The van der Waals surface area contributed by atoms with E-state index >= 15 is 4.39 Å². The minimum Gasteiger partial charge on any atom is -0.365 e. The van der Waals surface area contributed by atoms with Crippen LogP contribution in [0.1, 0.15) is 38.4 Å². The van der Waals surface area contributed by atoms with Gasteiger partial charge in [0.15, 0.2) is 0 Å². The fraction of sp³-hybridized carbons (Fsp3) is 0.261. The highest BCUT2D eigenvalue weighted by atomic mass is 32.1. The molecule has 168 valence electrons. The first-order chi connectivity index (χ1) is 15.8. The quantitative estimate of drug-likeness (QED) is 0.456. The summed E-state index contributed by atoms with van der Waals surface area (Å²) in [5.74, 6) is -3.63. The number of carbonyl (C=O) groups excluding carboxylic acids is 1. The average molecular weight is 469 g/mol. The molecule has 1 saturated heterocycles. The summed E-state index contributed by atoms with van der Waals surface area (Å²) in [6, 6.07) is 9.19. The zero-order valence-corrected chi connectivity index (χ0v) is 18.3. The first-order valence-corrected chi connectivity index (χ1v) is 11.3. The molecule has 0 bridgehead atoms. The van der Waals surface area contributed by atoms with E-state index in [0.29, 0.717) is 33.0 Å². The molecule has 2 aliphatic rings. The molecule has 6 nitrogen and oxygen atoms in total. The first kappa shape index (κ1) is 20.2. The Balaban J connectivity index is 1.44. The number of hydrogen-bond donors (Lipinski definition) is 1. The molecule has 4 aromatic rings. The number of amides is 1. The van der Waals surface area contributed by atoms with E-state index in [1.807, 2.05) is 6.07 Å². The third kappa shape index (κ3) is 3.19. The van der Waals surface area contributed by atoms with Crippen molar-refractivity contribution in [2.24, 2.45) is 0 Å². The topological polar surface area (TPSA) is 65.1 Å². The third-order valence-electron chi connectivity index (χ3n) is 6.18. The number of hydrogen-bond acceptors (Lipinski definition) is 5. The molecule has 1 amide bonds. The number of fused-ring (bicyclic) bond motifs is 2. The van der Waals surface area contributed by atoms with E-state index in [-0.39, 0.29) is 18.9 Å². The zero-order valence-electron chi connectivity index (χ0n) is 17.5. The highest BCUT2D eigenvalue weighted by Crippen LogP contribution is 2.45. The number of alkyl halides is 2. The lowest BCUT2D eigenvalue weighted by Crippen LogP contribution is -2.29. The normalized spacial score (nSPS) is 19.6. The Kier molecular flexibility index (Phi) is 4.32. The van der Waals surface area contributed by atoms with Crippen LogP contribution in [-0.2, 0) is 0 Å². The second-order valence-electron chi connectivity index (χ2n) is 8.36. The van der Waals surface area contributed by atoms with Crippen LogP contribution in [0.5, 0.6) is 0 Å². The van der Waals surface area contributed by atoms with Crippen LogP contribution in [0.15, 0.2) is 42.7 Å². The molecule has 1 N–H and O–H groups in total. The molecule has 6 rings (SSSR count). The summed E-state index contributed by atoms with van der Waals surface area (Å²) in [4.78, 5) is 28.7. The molecule has 10 heteroatoms. The van der Waals surface area contributed by atoms with E-state index in [1.165, 1.54) is 27.2 Å². The summed E-state index contributed by atoms with van der Waals surface area (Å²) in [7, 11) is 0. The number of anilines is 2. The maximum atomic E-state index is 15.5. The van der Waals surface area contributed by atoms with Crippen molar-refractivity contribution in [3.05, 3.63) is 69.7 Å². The maximum Gasteiger partial charge on any atom is 0.279 e. The van der Waals surface area contributed by atoms with Crippen molar-refractivity contribution in [1.29, 1.82) is 0 Å². The summed E-state index contributed by atoms with van der Waals surface area (Å²) < 4.78 is 42.8. The van der Waals surface area contributed by atoms with Crippen LogP contribution in [0.3, 0.4) is 0 Å². The van der Waals surface area contributed by atoms with E-state index in [0.717, 1.165) is 10.5 Å². The monoisotopic (exact) mass is 469 g/mol. The standard InChI is InChI=1S/C23H18F3N5OS/c1-12-29-19-21(33-12)20(31(22(19)32)14-3-5-17-18(9-14)28-11-27-17)15-4-2-13(8-16(15)24)30-7-6-23(25,26)10-30/h2-5,8-9,11,20H,6-7,10H2,1H3,(H,27,28). The number of aryl methyl sites for hydroxylation is 1. The molecular formula is C23H18F3N5OS. The number of nitrogens with one attached hydrogen (secondary N) is 1. The summed E-state index contributed by atoms with van der Waals surface area (Å²) in [5, 5.41) is 0.720. The van der Waals surface area contributed by atoms with Crippen molar-refractivity contribution in [3.63, 3.8) is 0 Å². The van der Waals surface area contributed by atoms with Gasteiger partial charge in [0.2, 0.25) is 0 Å². The lowest BCUT2D eigenvalue weighted by atomic mass is 10.0. The molecule has 4 heterocycles. The molecule has 33 heavy (non-hydrogen) atoms. The van der Waals surface area contributed by atoms with Crippen molar-refractivity contribution < 1.29 is 18.0 Å². The van der Waals surface area contributed by atoms with Gasteiger partial charge in [0, 0.05) is 29.9 Å². The van der Waals surface area contributed by atoms with E-state index in [1.54, 1.807) is 37.5 Å². The van der Waals surface area contributed by atoms with Crippen LogP contribution < -0.4 is 9.80 Å². The number of aromatic amines is 1. The summed E-state index contributed by atoms with van der Waals surface area (Å²) in [6.07, 6.45) is 1.32. The Hall–Kier alpha value is -3.40. The number of imidazole rings is 1. The third-order valence-corrected chi connectivity index (χ3v) is 7.21. The van der Waals surface area contributed by atoms with Gasteiger partial charge in [0.1, 0.15) is 17.6 Å². The number of benzene rings is 2. The number of carbonyl (C=O) groups is 1. The largest absolute Gasteiger partial charge is 0.365 e. The zero-order chi connectivity index (χ0) is 22.9. The van der Waals surface area contributed by atoms with E-state index in [9.17, 15) is 13.6 Å². The van der Waals surface area contributed by atoms with Gasteiger partial charge >= 0.3 is 0 Å². The number of H-pyrrole nitrogens is 1. The molecule has 0 radical (unpaired) electrons. The van der Waals surface area contributed by atoms with Crippen LogP contribution >= 0.6 is 11.3 Å². The van der Waals surface area contributed by atoms with Crippen molar-refractivity contribution in [2.45, 2.75) is 25.3 Å². The van der Waals surface area contributed by atoms with Crippen LogP contribution in [-0.4, -0.2) is 39.9 Å². The second-order valence-corrected chi connectivity index (χ2v) is 9.60. The smallest absolute Gasteiger partial charge is 0.279 e. The number of rotatable bonds is 3. The Morgan fingerprint density at radius 3 is 2.76 bits per heavy atom. The number of nitrogens with zero attached hydrogens (tertiary/aromatic N) is 4. The molecule has 0 saturated carbocycles. The predicted molar refractivity (Wildman–Crippen MR) is 120 cm³/mol. The second kappa shape index (κ2) is 7.05. The van der Waals surface area contributed by atoms with Crippen LogP contribution in [0.25, 0.3) is 11.0 Å². The minimum absolute atomic E-state index is 0.168. The fourth-order valence-corrected chi connectivity index (χ4v) is 5.67. The van der Waals surface area contributed by atoms with E-state index < -0.39 is 24.3 Å². The van der Waals surface area contributed by atoms with Gasteiger partial charge in [-0.15, -0.1) is 11.3 Å². The van der Waals surface area contributed by atoms with Crippen LogP contribution in [0, 0.1) is 12.7 Å².